The fourth-order valence-electron chi connectivity index (χ4n) is 2.22. The standard InChI is InChI=1S/C14H21FN2O3S/c1-2-16-9-11-5-6-13(15)14(8-11)21(18,19)17-10-12-4-3-7-20-12/h5-6,8,12,16-17H,2-4,7,9-10H2,1H3. The second kappa shape index (κ2) is 7.31. The first-order valence-electron chi connectivity index (χ1n) is 7.13. The minimum atomic E-state index is -3.86. The van der Waals surface area contributed by atoms with E-state index in [0.717, 1.165) is 24.9 Å². The zero-order valence-corrected chi connectivity index (χ0v) is 12.9. The highest BCUT2D eigenvalue weighted by atomic mass is 32.2. The van der Waals surface area contributed by atoms with Crippen LogP contribution in [0.15, 0.2) is 23.1 Å². The summed E-state index contributed by atoms with van der Waals surface area (Å²) in [6, 6.07) is 4.14. The molecule has 5 nitrogen and oxygen atoms in total. The summed E-state index contributed by atoms with van der Waals surface area (Å²) in [4.78, 5) is -0.309. The van der Waals surface area contributed by atoms with E-state index in [2.05, 4.69) is 10.0 Å². The highest BCUT2D eigenvalue weighted by Gasteiger charge is 2.23. The van der Waals surface area contributed by atoms with E-state index in [9.17, 15) is 12.8 Å². The van der Waals surface area contributed by atoms with Gasteiger partial charge in [0.2, 0.25) is 10.0 Å². The Hall–Kier alpha value is -1.02. The van der Waals surface area contributed by atoms with Crippen LogP contribution in [0.4, 0.5) is 4.39 Å². The molecule has 1 aliphatic rings. The Morgan fingerprint density at radius 1 is 1.43 bits per heavy atom. The molecule has 0 amide bonds. The van der Waals surface area contributed by atoms with Crippen LogP contribution in [-0.4, -0.2) is 34.2 Å². The van der Waals surface area contributed by atoms with Gasteiger partial charge in [-0.25, -0.2) is 17.5 Å². The molecule has 0 bridgehead atoms. The van der Waals surface area contributed by atoms with Crippen LogP contribution < -0.4 is 10.0 Å². The van der Waals surface area contributed by atoms with Crippen LogP contribution in [0.3, 0.4) is 0 Å². The molecule has 7 heteroatoms. The van der Waals surface area contributed by atoms with E-state index in [1.165, 1.54) is 12.1 Å². The molecule has 2 rings (SSSR count). The van der Waals surface area contributed by atoms with Gasteiger partial charge in [-0.3, -0.25) is 0 Å². The number of nitrogens with one attached hydrogen (secondary N) is 2. The summed E-state index contributed by atoms with van der Waals surface area (Å²) in [6.07, 6.45) is 1.64. The maximum atomic E-state index is 13.8. The van der Waals surface area contributed by atoms with Crippen LogP contribution in [0.5, 0.6) is 0 Å². The molecule has 1 unspecified atom stereocenters. The van der Waals surface area contributed by atoms with E-state index in [0.29, 0.717) is 13.2 Å². The van der Waals surface area contributed by atoms with E-state index < -0.39 is 15.8 Å². The molecule has 0 radical (unpaired) electrons. The Kier molecular flexibility index (Phi) is 5.69. The van der Waals surface area contributed by atoms with Crippen LogP contribution in [0, 0.1) is 5.82 Å². The Morgan fingerprint density at radius 2 is 2.24 bits per heavy atom. The predicted molar refractivity (Wildman–Crippen MR) is 77.9 cm³/mol. The van der Waals surface area contributed by atoms with Gasteiger partial charge in [-0.05, 0) is 37.1 Å². The van der Waals surface area contributed by atoms with Crippen molar-refractivity contribution in [2.45, 2.75) is 37.3 Å². The van der Waals surface area contributed by atoms with Gasteiger partial charge in [-0.2, -0.15) is 0 Å². The highest BCUT2D eigenvalue weighted by Crippen LogP contribution is 2.17. The first-order valence-corrected chi connectivity index (χ1v) is 8.61. The summed E-state index contributed by atoms with van der Waals surface area (Å²) in [5.74, 6) is -0.741. The monoisotopic (exact) mass is 316 g/mol. The normalized spacial score (nSPS) is 19.0. The fourth-order valence-corrected chi connectivity index (χ4v) is 3.41. The van der Waals surface area contributed by atoms with Gasteiger partial charge in [0.25, 0.3) is 0 Å². The topological polar surface area (TPSA) is 67.4 Å². The lowest BCUT2D eigenvalue weighted by Gasteiger charge is -2.13. The predicted octanol–water partition coefficient (Wildman–Crippen LogP) is 1.39. The minimum Gasteiger partial charge on any atom is -0.377 e. The molecular formula is C14H21FN2O3S. The smallest absolute Gasteiger partial charge is 0.243 e. The van der Waals surface area contributed by atoms with E-state index in [4.69, 9.17) is 4.74 Å². The molecule has 1 aliphatic heterocycles. The number of hydrogen-bond acceptors (Lipinski definition) is 4. The summed E-state index contributed by atoms with van der Waals surface area (Å²) >= 11 is 0. The number of sulfonamides is 1. The average molecular weight is 316 g/mol. The lowest BCUT2D eigenvalue weighted by Crippen LogP contribution is -2.32. The highest BCUT2D eigenvalue weighted by molar-refractivity contribution is 7.89. The van der Waals surface area contributed by atoms with Gasteiger partial charge in [-0.1, -0.05) is 13.0 Å². The zero-order valence-electron chi connectivity index (χ0n) is 12.1. The van der Waals surface area contributed by atoms with Crippen molar-refractivity contribution in [1.29, 1.82) is 0 Å². The van der Waals surface area contributed by atoms with Gasteiger partial charge >= 0.3 is 0 Å². The summed E-state index contributed by atoms with van der Waals surface area (Å²) < 4.78 is 46.0. The Morgan fingerprint density at radius 3 is 2.90 bits per heavy atom. The van der Waals surface area contributed by atoms with Gasteiger partial charge in [0, 0.05) is 19.7 Å². The second-order valence-corrected chi connectivity index (χ2v) is 6.77. The number of rotatable bonds is 7. The van der Waals surface area contributed by atoms with Crippen molar-refractivity contribution in [2.75, 3.05) is 19.7 Å². The Balaban J connectivity index is 2.09. The van der Waals surface area contributed by atoms with E-state index >= 15 is 0 Å². The van der Waals surface area contributed by atoms with Crippen molar-refractivity contribution in [3.05, 3.63) is 29.6 Å². The molecule has 1 aromatic rings. The summed E-state index contributed by atoms with van der Waals surface area (Å²) in [5, 5.41) is 3.08. The molecule has 0 aliphatic carbocycles. The van der Waals surface area contributed by atoms with Crippen molar-refractivity contribution in [2.24, 2.45) is 0 Å². The quantitative estimate of drug-likeness (QED) is 0.798. The molecule has 0 saturated carbocycles. The molecule has 0 aromatic heterocycles. The van der Waals surface area contributed by atoms with Crippen LogP contribution in [0.1, 0.15) is 25.3 Å². The molecule has 1 atom stereocenters. The van der Waals surface area contributed by atoms with Gasteiger partial charge in [0.15, 0.2) is 0 Å². The third-order valence-electron chi connectivity index (χ3n) is 3.39. The van der Waals surface area contributed by atoms with Crippen LogP contribution >= 0.6 is 0 Å². The van der Waals surface area contributed by atoms with Crippen LogP contribution in [-0.2, 0) is 21.3 Å². The van der Waals surface area contributed by atoms with Crippen molar-refractivity contribution in [3.63, 3.8) is 0 Å². The zero-order chi connectivity index (χ0) is 15.3. The third kappa shape index (κ3) is 4.47. The van der Waals surface area contributed by atoms with E-state index in [-0.39, 0.29) is 17.5 Å². The second-order valence-electron chi connectivity index (χ2n) is 5.03. The average Bonchev–Trinajstić information content (AvgIpc) is 2.97. The number of hydrogen-bond donors (Lipinski definition) is 2. The van der Waals surface area contributed by atoms with Gasteiger partial charge in [0.05, 0.1) is 6.10 Å². The lowest BCUT2D eigenvalue weighted by molar-refractivity contribution is 0.114. The van der Waals surface area contributed by atoms with Crippen molar-refractivity contribution in [3.8, 4) is 0 Å². The first-order chi connectivity index (χ1) is 10.0. The van der Waals surface area contributed by atoms with Gasteiger partial charge < -0.3 is 10.1 Å². The molecule has 118 valence electrons. The first kappa shape index (κ1) is 16.4. The van der Waals surface area contributed by atoms with Crippen LogP contribution in [0.25, 0.3) is 0 Å². The molecule has 1 saturated heterocycles. The third-order valence-corrected chi connectivity index (χ3v) is 4.83. The number of benzene rings is 1. The van der Waals surface area contributed by atoms with Crippen molar-refractivity contribution >= 4 is 10.0 Å². The molecule has 1 heterocycles. The molecular weight excluding hydrogens is 295 g/mol. The SMILES string of the molecule is CCNCc1ccc(F)c(S(=O)(=O)NCC2CCCO2)c1. The maximum Gasteiger partial charge on any atom is 0.243 e. The molecule has 1 fully saturated rings. The maximum absolute atomic E-state index is 13.8. The number of halogens is 1. The van der Waals surface area contributed by atoms with Gasteiger partial charge in [-0.15, -0.1) is 0 Å². The van der Waals surface area contributed by atoms with Crippen molar-refractivity contribution in [1.82, 2.24) is 10.0 Å². The molecule has 21 heavy (non-hydrogen) atoms. The van der Waals surface area contributed by atoms with E-state index in [1.807, 2.05) is 6.92 Å². The van der Waals surface area contributed by atoms with Crippen molar-refractivity contribution < 1.29 is 17.5 Å². The van der Waals surface area contributed by atoms with Crippen LogP contribution in [0.2, 0.25) is 0 Å². The summed E-state index contributed by atoms with van der Waals surface area (Å²) in [6.45, 7) is 4.05. The number of ether oxygens (including phenoxy) is 1. The molecule has 0 spiro atoms. The van der Waals surface area contributed by atoms with Gasteiger partial charge in [0.1, 0.15) is 10.7 Å². The molecule has 1 aromatic carbocycles. The molecule has 2 N–H and O–H groups in total. The Labute approximate surface area is 124 Å². The summed E-state index contributed by atoms with van der Waals surface area (Å²) in [5.41, 5.74) is 0.732. The Bertz CT molecular complexity index is 572. The summed E-state index contributed by atoms with van der Waals surface area (Å²) in [7, 11) is -3.86. The van der Waals surface area contributed by atoms with E-state index in [1.54, 1.807) is 6.07 Å². The largest absolute Gasteiger partial charge is 0.377 e. The minimum absolute atomic E-state index is 0.118. The fraction of sp³-hybridized carbons (Fsp3) is 0.571. The lowest BCUT2D eigenvalue weighted by atomic mass is 10.2.